The zero-order valence-electron chi connectivity index (χ0n) is 7.90. The van der Waals surface area contributed by atoms with E-state index in [9.17, 15) is 9.59 Å². The summed E-state index contributed by atoms with van der Waals surface area (Å²) in [6.07, 6.45) is 1.83. The SMILES string of the molecule is NCCCCC(NCC(=O)O)C(=O)O. The van der Waals surface area contributed by atoms with Crippen molar-refractivity contribution in [1.29, 1.82) is 0 Å². The second-order valence-corrected chi connectivity index (χ2v) is 2.95. The van der Waals surface area contributed by atoms with Crippen molar-refractivity contribution in [1.82, 2.24) is 5.32 Å². The summed E-state index contributed by atoms with van der Waals surface area (Å²) in [7, 11) is 0. The molecule has 1 unspecified atom stereocenters. The highest BCUT2D eigenvalue weighted by Gasteiger charge is 2.16. The van der Waals surface area contributed by atoms with E-state index < -0.39 is 18.0 Å². The normalized spacial score (nSPS) is 12.4. The van der Waals surface area contributed by atoms with Crippen LogP contribution in [0.15, 0.2) is 0 Å². The van der Waals surface area contributed by atoms with Crippen LogP contribution >= 0.6 is 0 Å². The Hall–Kier alpha value is -1.14. The van der Waals surface area contributed by atoms with Gasteiger partial charge in [-0.05, 0) is 19.4 Å². The van der Waals surface area contributed by atoms with Gasteiger partial charge in [0.05, 0.1) is 6.54 Å². The monoisotopic (exact) mass is 204 g/mol. The van der Waals surface area contributed by atoms with Gasteiger partial charge in [-0.1, -0.05) is 6.42 Å². The maximum atomic E-state index is 10.6. The lowest BCUT2D eigenvalue weighted by Crippen LogP contribution is -2.39. The smallest absolute Gasteiger partial charge is 0.320 e. The van der Waals surface area contributed by atoms with Gasteiger partial charge in [0.25, 0.3) is 0 Å². The van der Waals surface area contributed by atoms with Crippen molar-refractivity contribution >= 4 is 11.9 Å². The standard InChI is InChI=1S/C8H16N2O4/c9-4-2-1-3-6(8(13)14)10-5-7(11)12/h6,10H,1-5,9H2,(H,11,12)(H,13,14). The molecule has 0 aliphatic carbocycles. The van der Waals surface area contributed by atoms with Crippen molar-refractivity contribution < 1.29 is 19.8 Å². The maximum absolute atomic E-state index is 10.6. The van der Waals surface area contributed by atoms with Crippen LogP contribution < -0.4 is 11.1 Å². The van der Waals surface area contributed by atoms with Crippen molar-refractivity contribution in [2.45, 2.75) is 25.3 Å². The molecule has 6 heteroatoms. The molecular formula is C8H16N2O4. The minimum Gasteiger partial charge on any atom is -0.480 e. The Morgan fingerprint density at radius 3 is 2.36 bits per heavy atom. The maximum Gasteiger partial charge on any atom is 0.320 e. The lowest BCUT2D eigenvalue weighted by molar-refractivity contribution is -0.140. The van der Waals surface area contributed by atoms with E-state index in [1.54, 1.807) is 0 Å². The summed E-state index contributed by atoms with van der Waals surface area (Å²) in [6.45, 7) is 0.185. The first-order chi connectivity index (χ1) is 6.57. The van der Waals surface area contributed by atoms with Gasteiger partial charge in [0, 0.05) is 0 Å². The van der Waals surface area contributed by atoms with Crippen LogP contribution in [-0.2, 0) is 9.59 Å². The molecule has 0 fully saturated rings. The van der Waals surface area contributed by atoms with E-state index in [2.05, 4.69) is 5.32 Å². The van der Waals surface area contributed by atoms with Gasteiger partial charge in [-0.3, -0.25) is 14.9 Å². The molecule has 0 aromatic carbocycles. The van der Waals surface area contributed by atoms with E-state index >= 15 is 0 Å². The number of carboxylic acids is 2. The van der Waals surface area contributed by atoms with E-state index in [1.807, 2.05) is 0 Å². The van der Waals surface area contributed by atoms with Crippen molar-refractivity contribution in [3.63, 3.8) is 0 Å². The Morgan fingerprint density at radius 2 is 1.93 bits per heavy atom. The highest BCUT2D eigenvalue weighted by atomic mass is 16.4. The summed E-state index contributed by atoms with van der Waals surface area (Å²) in [4.78, 5) is 20.8. The average Bonchev–Trinajstić information content (AvgIpc) is 2.10. The van der Waals surface area contributed by atoms with Crippen LogP contribution in [0, 0.1) is 0 Å². The minimum absolute atomic E-state index is 0.334. The fraction of sp³-hybridized carbons (Fsp3) is 0.750. The second kappa shape index (κ2) is 7.28. The number of unbranched alkanes of at least 4 members (excludes halogenated alkanes) is 1. The summed E-state index contributed by atoms with van der Waals surface area (Å²) in [5.41, 5.74) is 5.25. The van der Waals surface area contributed by atoms with Gasteiger partial charge in [-0.2, -0.15) is 0 Å². The number of aliphatic carboxylic acids is 2. The van der Waals surface area contributed by atoms with Gasteiger partial charge in [0.1, 0.15) is 6.04 Å². The first-order valence-corrected chi connectivity index (χ1v) is 4.46. The third kappa shape index (κ3) is 6.38. The number of nitrogens with one attached hydrogen (secondary N) is 1. The van der Waals surface area contributed by atoms with Gasteiger partial charge >= 0.3 is 11.9 Å². The molecule has 1 atom stereocenters. The van der Waals surface area contributed by atoms with Crippen molar-refractivity contribution in [3.8, 4) is 0 Å². The summed E-state index contributed by atoms with van der Waals surface area (Å²) in [5, 5.41) is 19.5. The van der Waals surface area contributed by atoms with E-state index in [1.165, 1.54) is 0 Å². The van der Waals surface area contributed by atoms with Gasteiger partial charge in [-0.25, -0.2) is 0 Å². The van der Waals surface area contributed by atoms with Crippen LogP contribution in [0.5, 0.6) is 0 Å². The zero-order chi connectivity index (χ0) is 11.0. The lowest BCUT2D eigenvalue weighted by atomic mass is 10.1. The Bertz CT molecular complexity index is 196. The van der Waals surface area contributed by atoms with Crippen LogP contribution in [0.3, 0.4) is 0 Å². The first-order valence-electron chi connectivity index (χ1n) is 4.46. The van der Waals surface area contributed by atoms with Gasteiger partial charge in [0.15, 0.2) is 0 Å². The molecule has 0 amide bonds. The number of carbonyl (C=O) groups is 2. The molecule has 0 aromatic rings. The van der Waals surface area contributed by atoms with Crippen LogP contribution in [-0.4, -0.2) is 41.3 Å². The lowest BCUT2D eigenvalue weighted by Gasteiger charge is -2.12. The molecule has 0 aromatic heterocycles. The van der Waals surface area contributed by atoms with Crippen molar-refractivity contribution in [3.05, 3.63) is 0 Å². The number of hydrogen-bond acceptors (Lipinski definition) is 4. The number of carboxylic acid groups (broad SMARTS) is 2. The molecule has 0 radical (unpaired) electrons. The van der Waals surface area contributed by atoms with Crippen LogP contribution in [0.2, 0.25) is 0 Å². The Morgan fingerprint density at radius 1 is 1.29 bits per heavy atom. The zero-order valence-corrected chi connectivity index (χ0v) is 7.90. The molecule has 0 heterocycles. The highest BCUT2D eigenvalue weighted by Crippen LogP contribution is 2.00. The number of nitrogens with two attached hydrogens (primary N) is 1. The summed E-state index contributed by atoms with van der Waals surface area (Å²) >= 11 is 0. The molecule has 14 heavy (non-hydrogen) atoms. The minimum atomic E-state index is -1.06. The molecule has 0 aliphatic rings. The van der Waals surface area contributed by atoms with Crippen molar-refractivity contribution in [2.24, 2.45) is 5.73 Å². The predicted molar refractivity (Wildman–Crippen MR) is 50.0 cm³/mol. The molecule has 82 valence electrons. The van der Waals surface area contributed by atoms with E-state index in [0.717, 1.165) is 6.42 Å². The third-order valence-corrected chi connectivity index (χ3v) is 1.74. The number of rotatable bonds is 8. The van der Waals surface area contributed by atoms with Gasteiger partial charge in [-0.15, -0.1) is 0 Å². The fourth-order valence-corrected chi connectivity index (χ4v) is 1.02. The van der Waals surface area contributed by atoms with Crippen LogP contribution in [0.4, 0.5) is 0 Å². The molecule has 0 aliphatic heterocycles. The molecule has 6 nitrogen and oxygen atoms in total. The van der Waals surface area contributed by atoms with Crippen LogP contribution in [0.1, 0.15) is 19.3 Å². The second-order valence-electron chi connectivity index (χ2n) is 2.95. The largest absolute Gasteiger partial charge is 0.480 e. The topological polar surface area (TPSA) is 113 Å². The summed E-state index contributed by atoms with van der Waals surface area (Å²) in [5.74, 6) is -2.08. The summed E-state index contributed by atoms with van der Waals surface area (Å²) < 4.78 is 0. The van der Waals surface area contributed by atoms with E-state index in [0.29, 0.717) is 19.4 Å². The van der Waals surface area contributed by atoms with Crippen molar-refractivity contribution in [2.75, 3.05) is 13.1 Å². The molecule has 0 saturated carbocycles. The Labute approximate surface area is 82.1 Å². The fourth-order valence-electron chi connectivity index (χ4n) is 1.02. The predicted octanol–water partition coefficient (Wildman–Crippen LogP) is -0.757. The molecule has 5 N–H and O–H groups in total. The summed E-state index contributed by atoms with van der Waals surface area (Å²) in [6, 6.07) is -0.794. The van der Waals surface area contributed by atoms with E-state index in [-0.39, 0.29) is 6.54 Å². The average molecular weight is 204 g/mol. The molecule has 0 rings (SSSR count). The van der Waals surface area contributed by atoms with Gasteiger partial charge in [0.2, 0.25) is 0 Å². The Balaban J connectivity index is 3.78. The third-order valence-electron chi connectivity index (χ3n) is 1.74. The van der Waals surface area contributed by atoms with Crippen LogP contribution in [0.25, 0.3) is 0 Å². The molecule has 0 saturated heterocycles. The van der Waals surface area contributed by atoms with Gasteiger partial charge < -0.3 is 15.9 Å². The number of hydrogen-bond donors (Lipinski definition) is 4. The first kappa shape index (κ1) is 12.9. The quantitative estimate of drug-likeness (QED) is 0.387. The Kier molecular flexibility index (Phi) is 6.69. The highest BCUT2D eigenvalue weighted by molar-refractivity contribution is 5.75. The molecular weight excluding hydrogens is 188 g/mol. The molecule has 0 spiro atoms. The van der Waals surface area contributed by atoms with E-state index in [4.69, 9.17) is 15.9 Å². The molecule has 0 bridgehead atoms.